The van der Waals surface area contributed by atoms with Gasteiger partial charge in [-0.05, 0) is 66.9 Å². The Balaban J connectivity index is 1.34. The molecule has 29 heavy (non-hydrogen) atoms. The van der Waals surface area contributed by atoms with Gasteiger partial charge in [0, 0.05) is 6.54 Å². The molecular weight excluding hydrogens is 388 g/mol. The molecule has 8 nitrogen and oxygen atoms in total. The van der Waals surface area contributed by atoms with Gasteiger partial charge in [-0.25, -0.2) is 4.68 Å². The molecule has 9 heteroatoms. The van der Waals surface area contributed by atoms with E-state index in [1.54, 1.807) is 7.11 Å². The highest BCUT2D eigenvalue weighted by Gasteiger charge is 2.28. The number of nitrogens with one attached hydrogen (secondary N) is 1. The molecule has 156 valence electrons. The van der Waals surface area contributed by atoms with E-state index in [0.717, 1.165) is 36.8 Å². The Bertz CT molecular complexity index is 802. The Morgan fingerprint density at radius 1 is 1.24 bits per heavy atom. The second-order valence-corrected chi connectivity index (χ2v) is 8.56. The number of amides is 1. The third-order valence-electron chi connectivity index (χ3n) is 5.51. The first kappa shape index (κ1) is 20.2. The predicted octanol–water partition coefficient (Wildman–Crippen LogP) is 2.45. The number of benzene rings is 1. The van der Waals surface area contributed by atoms with Gasteiger partial charge in [-0.15, -0.1) is 5.10 Å². The third-order valence-corrected chi connectivity index (χ3v) is 6.45. The maximum Gasteiger partial charge on any atom is 0.230 e. The number of hydrogen-bond acceptors (Lipinski definition) is 7. The lowest BCUT2D eigenvalue weighted by Gasteiger charge is -2.35. The van der Waals surface area contributed by atoms with Crippen molar-refractivity contribution in [2.45, 2.75) is 49.3 Å². The van der Waals surface area contributed by atoms with Crippen molar-refractivity contribution in [3.8, 4) is 5.75 Å². The van der Waals surface area contributed by atoms with E-state index in [-0.39, 0.29) is 11.9 Å². The van der Waals surface area contributed by atoms with Gasteiger partial charge in [0.2, 0.25) is 11.1 Å². The van der Waals surface area contributed by atoms with Gasteiger partial charge in [-0.2, -0.15) is 0 Å². The first-order valence-corrected chi connectivity index (χ1v) is 11.3. The number of rotatable bonds is 9. The molecule has 1 aromatic carbocycles. The molecule has 1 aliphatic heterocycles. The average Bonchev–Trinajstić information content (AvgIpc) is 3.51. The van der Waals surface area contributed by atoms with E-state index in [1.807, 2.05) is 16.8 Å². The molecule has 2 aliphatic rings. The fourth-order valence-corrected chi connectivity index (χ4v) is 4.51. The standard InChI is InChI=1S/C20H28N6O2S/c1-28-17-9-5-15(6-10-17)18(25-11-3-2-4-12-25)13-21-19(27)14-29-20-22-23-24-26(20)16-7-8-16/h5-6,9-10,16,18H,2-4,7-8,11-14H2,1H3,(H,21,27)/t18-/m1/s1. The Labute approximate surface area is 175 Å². The highest BCUT2D eigenvalue weighted by atomic mass is 32.2. The number of hydrogen-bond donors (Lipinski definition) is 1. The summed E-state index contributed by atoms with van der Waals surface area (Å²) in [7, 11) is 1.68. The molecule has 1 saturated heterocycles. The van der Waals surface area contributed by atoms with Crippen molar-refractivity contribution in [1.29, 1.82) is 0 Å². The van der Waals surface area contributed by atoms with Crippen molar-refractivity contribution in [3.63, 3.8) is 0 Å². The van der Waals surface area contributed by atoms with Crippen LogP contribution in [0.2, 0.25) is 0 Å². The number of carbonyl (C=O) groups excluding carboxylic acids is 1. The van der Waals surface area contributed by atoms with Crippen molar-refractivity contribution >= 4 is 17.7 Å². The van der Waals surface area contributed by atoms with Crippen molar-refractivity contribution in [1.82, 2.24) is 30.4 Å². The topological polar surface area (TPSA) is 85.2 Å². The predicted molar refractivity (Wildman–Crippen MR) is 111 cm³/mol. The van der Waals surface area contributed by atoms with E-state index in [4.69, 9.17) is 4.74 Å². The zero-order chi connectivity index (χ0) is 20.1. The van der Waals surface area contributed by atoms with Crippen LogP contribution in [0.1, 0.15) is 49.8 Å². The summed E-state index contributed by atoms with van der Waals surface area (Å²) >= 11 is 1.40. The van der Waals surface area contributed by atoms with E-state index in [1.165, 1.54) is 36.6 Å². The van der Waals surface area contributed by atoms with Crippen molar-refractivity contribution in [2.24, 2.45) is 0 Å². The monoisotopic (exact) mass is 416 g/mol. The molecule has 1 N–H and O–H groups in total. The summed E-state index contributed by atoms with van der Waals surface area (Å²) in [5.74, 6) is 1.18. The van der Waals surface area contributed by atoms with Gasteiger partial charge in [-0.1, -0.05) is 30.3 Å². The quantitative estimate of drug-likeness (QED) is 0.629. The van der Waals surface area contributed by atoms with Crippen molar-refractivity contribution in [2.75, 3.05) is 32.5 Å². The third kappa shape index (κ3) is 5.27. The van der Waals surface area contributed by atoms with Gasteiger partial charge < -0.3 is 10.1 Å². The van der Waals surface area contributed by atoms with Crippen LogP contribution < -0.4 is 10.1 Å². The zero-order valence-electron chi connectivity index (χ0n) is 16.8. The summed E-state index contributed by atoms with van der Waals surface area (Å²) in [6.45, 7) is 2.73. The maximum absolute atomic E-state index is 12.5. The van der Waals surface area contributed by atoms with Crippen LogP contribution in [0.3, 0.4) is 0 Å². The Morgan fingerprint density at radius 2 is 2.00 bits per heavy atom. The van der Waals surface area contributed by atoms with Crippen LogP contribution >= 0.6 is 11.8 Å². The summed E-state index contributed by atoms with van der Waals surface area (Å²) < 4.78 is 7.13. The Hall–Kier alpha value is -2.13. The Morgan fingerprint density at radius 3 is 2.69 bits per heavy atom. The molecule has 0 spiro atoms. The number of nitrogens with zero attached hydrogens (tertiary/aromatic N) is 5. The van der Waals surface area contributed by atoms with Crippen LogP contribution in [-0.2, 0) is 4.79 Å². The molecule has 1 saturated carbocycles. The second kappa shape index (κ2) is 9.58. The number of thioether (sulfide) groups is 1. The zero-order valence-corrected chi connectivity index (χ0v) is 17.6. The number of tetrazole rings is 1. The fourth-order valence-electron chi connectivity index (χ4n) is 3.73. The molecule has 2 fully saturated rings. The van der Waals surface area contributed by atoms with Crippen LogP contribution in [0.5, 0.6) is 5.75 Å². The average molecular weight is 417 g/mol. The molecule has 2 aromatic rings. The normalized spacial score (nSPS) is 18.4. The van der Waals surface area contributed by atoms with E-state index >= 15 is 0 Å². The summed E-state index contributed by atoms with van der Waals surface area (Å²) in [5.41, 5.74) is 1.21. The summed E-state index contributed by atoms with van der Waals surface area (Å²) in [4.78, 5) is 15.0. The number of piperidine rings is 1. The Kier molecular flexibility index (Phi) is 6.66. The number of aromatic nitrogens is 4. The lowest BCUT2D eigenvalue weighted by Crippen LogP contribution is -2.41. The molecule has 0 unspecified atom stereocenters. The largest absolute Gasteiger partial charge is 0.497 e. The molecule has 1 amide bonds. The molecule has 1 aliphatic carbocycles. The summed E-state index contributed by atoms with van der Waals surface area (Å²) in [5, 5.41) is 15.7. The smallest absolute Gasteiger partial charge is 0.230 e. The number of carbonyl (C=O) groups is 1. The molecule has 0 radical (unpaired) electrons. The van der Waals surface area contributed by atoms with Gasteiger partial charge in [-0.3, -0.25) is 9.69 Å². The fraction of sp³-hybridized carbons (Fsp3) is 0.600. The minimum absolute atomic E-state index is 0.0101. The summed E-state index contributed by atoms with van der Waals surface area (Å²) in [6, 6.07) is 8.76. The van der Waals surface area contributed by atoms with E-state index < -0.39 is 0 Å². The molecule has 4 rings (SSSR count). The van der Waals surface area contributed by atoms with Crippen molar-refractivity contribution < 1.29 is 9.53 Å². The summed E-state index contributed by atoms with van der Waals surface area (Å²) in [6.07, 6.45) is 5.93. The van der Waals surface area contributed by atoms with E-state index in [2.05, 4.69) is 37.9 Å². The first-order valence-electron chi connectivity index (χ1n) is 10.3. The highest BCUT2D eigenvalue weighted by Crippen LogP contribution is 2.36. The van der Waals surface area contributed by atoms with Crippen LogP contribution in [-0.4, -0.2) is 63.5 Å². The van der Waals surface area contributed by atoms with Gasteiger partial charge >= 0.3 is 0 Å². The maximum atomic E-state index is 12.5. The molecule has 2 heterocycles. The van der Waals surface area contributed by atoms with Gasteiger partial charge in [0.1, 0.15) is 5.75 Å². The molecule has 1 atom stereocenters. The van der Waals surface area contributed by atoms with E-state index in [9.17, 15) is 4.79 Å². The lowest BCUT2D eigenvalue weighted by molar-refractivity contribution is -0.118. The minimum atomic E-state index is 0.0101. The van der Waals surface area contributed by atoms with Gasteiger partial charge in [0.15, 0.2) is 0 Å². The van der Waals surface area contributed by atoms with Crippen LogP contribution in [0.15, 0.2) is 29.4 Å². The lowest BCUT2D eigenvalue weighted by atomic mass is 10.0. The minimum Gasteiger partial charge on any atom is -0.497 e. The van der Waals surface area contributed by atoms with Crippen LogP contribution in [0.4, 0.5) is 0 Å². The second-order valence-electron chi connectivity index (χ2n) is 7.62. The SMILES string of the molecule is COc1ccc([C@@H](CNC(=O)CSc2nnnn2C2CC2)N2CCCCC2)cc1. The number of ether oxygens (including phenoxy) is 1. The highest BCUT2D eigenvalue weighted by molar-refractivity contribution is 7.99. The molecule has 0 bridgehead atoms. The van der Waals surface area contributed by atoms with E-state index in [0.29, 0.717) is 18.3 Å². The molecular formula is C20H28N6O2S. The number of likely N-dealkylation sites (tertiary alicyclic amines) is 1. The van der Waals surface area contributed by atoms with Gasteiger partial charge in [0.05, 0.1) is 24.9 Å². The number of methoxy groups -OCH3 is 1. The first-order chi connectivity index (χ1) is 14.2. The van der Waals surface area contributed by atoms with Crippen LogP contribution in [0, 0.1) is 0 Å². The van der Waals surface area contributed by atoms with Crippen LogP contribution in [0.25, 0.3) is 0 Å². The van der Waals surface area contributed by atoms with Gasteiger partial charge in [0.25, 0.3) is 0 Å². The van der Waals surface area contributed by atoms with Crippen molar-refractivity contribution in [3.05, 3.63) is 29.8 Å². The molecule has 1 aromatic heterocycles.